The molecule has 0 amide bonds. The lowest BCUT2D eigenvalue weighted by Crippen LogP contribution is -2.36. The third kappa shape index (κ3) is 2.05. The van der Waals surface area contributed by atoms with Gasteiger partial charge in [0.15, 0.2) is 0 Å². The minimum atomic E-state index is 0.682. The van der Waals surface area contributed by atoms with Crippen LogP contribution in [-0.2, 0) is 0 Å². The van der Waals surface area contributed by atoms with Gasteiger partial charge in [0, 0.05) is 42.4 Å². The van der Waals surface area contributed by atoms with Gasteiger partial charge in [-0.1, -0.05) is 0 Å². The molecule has 4 heteroatoms. The van der Waals surface area contributed by atoms with Crippen molar-refractivity contribution in [3.63, 3.8) is 0 Å². The van der Waals surface area contributed by atoms with Crippen molar-refractivity contribution in [3.05, 3.63) is 30.5 Å². The summed E-state index contributed by atoms with van der Waals surface area (Å²) in [5.74, 6) is 0. The molecular formula is C17H22N4. The van der Waals surface area contributed by atoms with Gasteiger partial charge in [-0.25, -0.2) is 0 Å². The Hall–Kier alpha value is -1.81. The first kappa shape index (κ1) is 12.9. The number of pyridine rings is 1. The Morgan fingerprint density at radius 1 is 1.14 bits per heavy atom. The fourth-order valence-electron chi connectivity index (χ4n) is 3.98. The summed E-state index contributed by atoms with van der Waals surface area (Å²) >= 11 is 0. The second kappa shape index (κ2) is 4.88. The number of anilines is 2. The first-order valence-electron chi connectivity index (χ1n) is 7.84. The van der Waals surface area contributed by atoms with Crippen LogP contribution in [0.25, 0.3) is 10.9 Å². The van der Waals surface area contributed by atoms with Crippen molar-refractivity contribution in [2.24, 2.45) is 0 Å². The van der Waals surface area contributed by atoms with E-state index in [1.807, 2.05) is 18.3 Å². The van der Waals surface area contributed by atoms with E-state index in [9.17, 15) is 0 Å². The summed E-state index contributed by atoms with van der Waals surface area (Å²) in [7, 11) is 2.29. The van der Waals surface area contributed by atoms with E-state index >= 15 is 0 Å². The van der Waals surface area contributed by atoms with Gasteiger partial charge >= 0.3 is 0 Å². The highest BCUT2D eigenvalue weighted by molar-refractivity contribution is 5.98. The molecule has 2 atom stereocenters. The predicted molar refractivity (Wildman–Crippen MR) is 87.6 cm³/mol. The Kier molecular flexibility index (Phi) is 3.00. The number of aromatic nitrogens is 1. The van der Waals surface area contributed by atoms with E-state index in [2.05, 4.69) is 34.0 Å². The van der Waals surface area contributed by atoms with E-state index < -0.39 is 0 Å². The maximum atomic E-state index is 6.08. The molecule has 2 saturated heterocycles. The lowest BCUT2D eigenvalue weighted by molar-refractivity contribution is 0.254. The zero-order chi connectivity index (χ0) is 14.4. The van der Waals surface area contributed by atoms with Crippen LogP contribution in [0.3, 0.4) is 0 Å². The largest absolute Gasteiger partial charge is 0.397 e. The molecule has 2 aliphatic heterocycles. The van der Waals surface area contributed by atoms with E-state index in [1.54, 1.807) is 0 Å². The van der Waals surface area contributed by atoms with Gasteiger partial charge in [0.1, 0.15) is 0 Å². The molecule has 0 radical (unpaired) electrons. The summed E-state index contributed by atoms with van der Waals surface area (Å²) in [6.07, 6.45) is 5.75. The second-order valence-corrected chi connectivity index (χ2v) is 6.36. The standard InChI is InChI=1S/C17H22N4/c1-20-12-4-5-13(20)11-21(10-8-12)16-7-6-15(18)17-14(16)3-2-9-19-17/h2-3,6-7,9,12-13H,4-5,8,10-11,18H2,1H3. The number of hydrogen-bond donors (Lipinski definition) is 1. The summed E-state index contributed by atoms with van der Waals surface area (Å²) in [5, 5.41) is 1.18. The minimum absolute atomic E-state index is 0.682. The molecule has 4 rings (SSSR count). The number of benzene rings is 1. The average molecular weight is 282 g/mol. The molecule has 1 aromatic carbocycles. The Labute approximate surface area is 125 Å². The molecule has 110 valence electrons. The van der Waals surface area contributed by atoms with Crippen LogP contribution in [-0.4, -0.2) is 42.1 Å². The van der Waals surface area contributed by atoms with Crippen LogP contribution < -0.4 is 10.6 Å². The fourth-order valence-corrected chi connectivity index (χ4v) is 3.98. The molecule has 2 aliphatic rings. The molecule has 2 unspecified atom stereocenters. The average Bonchev–Trinajstić information content (AvgIpc) is 2.74. The number of nitrogens with two attached hydrogens (primary N) is 1. The van der Waals surface area contributed by atoms with Crippen molar-refractivity contribution < 1.29 is 0 Å². The van der Waals surface area contributed by atoms with Gasteiger partial charge in [0.05, 0.1) is 11.2 Å². The first-order valence-corrected chi connectivity index (χ1v) is 7.84. The monoisotopic (exact) mass is 282 g/mol. The molecular weight excluding hydrogens is 260 g/mol. The van der Waals surface area contributed by atoms with Crippen molar-refractivity contribution >= 4 is 22.3 Å². The van der Waals surface area contributed by atoms with Gasteiger partial charge in [0.25, 0.3) is 0 Å². The zero-order valence-corrected chi connectivity index (χ0v) is 12.5. The number of nitrogens with zero attached hydrogens (tertiary/aromatic N) is 3. The number of hydrogen-bond acceptors (Lipinski definition) is 4. The number of nitrogen functional groups attached to an aromatic ring is 1. The third-order valence-electron chi connectivity index (χ3n) is 5.27. The maximum absolute atomic E-state index is 6.08. The van der Waals surface area contributed by atoms with Crippen molar-refractivity contribution in [1.82, 2.24) is 9.88 Å². The Morgan fingerprint density at radius 3 is 2.90 bits per heavy atom. The van der Waals surface area contributed by atoms with E-state index in [4.69, 9.17) is 5.73 Å². The molecule has 2 bridgehead atoms. The SMILES string of the molecule is CN1C2CCC1CN(c1ccc(N)c3ncccc13)CC2. The van der Waals surface area contributed by atoms with Crippen LogP contribution in [0.1, 0.15) is 19.3 Å². The predicted octanol–water partition coefficient (Wildman–Crippen LogP) is 2.49. The van der Waals surface area contributed by atoms with Crippen molar-refractivity contribution in [2.45, 2.75) is 31.3 Å². The van der Waals surface area contributed by atoms with Gasteiger partial charge in [-0.05, 0) is 50.6 Å². The number of rotatable bonds is 1. The molecule has 0 saturated carbocycles. The minimum Gasteiger partial charge on any atom is -0.397 e. The van der Waals surface area contributed by atoms with Gasteiger partial charge in [-0.2, -0.15) is 0 Å². The van der Waals surface area contributed by atoms with Crippen LogP contribution in [0.15, 0.2) is 30.5 Å². The van der Waals surface area contributed by atoms with Crippen molar-refractivity contribution in [3.8, 4) is 0 Å². The lowest BCUT2D eigenvalue weighted by atomic mass is 10.1. The van der Waals surface area contributed by atoms with Crippen LogP contribution in [0, 0.1) is 0 Å². The third-order valence-corrected chi connectivity index (χ3v) is 5.27. The van der Waals surface area contributed by atoms with E-state index in [1.165, 1.54) is 30.3 Å². The van der Waals surface area contributed by atoms with E-state index in [0.29, 0.717) is 6.04 Å². The van der Waals surface area contributed by atoms with Crippen molar-refractivity contribution in [1.29, 1.82) is 0 Å². The number of likely N-dealkylation sites (N-methyl/N-ethyl adjacent to an activating group) is 1. The Balaban J connectivity index is 1.75. The van der Waals surface area contributed by atoms with Crippen LogP contribution in [0.4, 0.5) is 11.4 Å². The summed E-state index contributed by atoms with van der Waals surface area (Å²) in [6.45, 7) is 2.24. The summed E-state index contributed by atoms with van der Waals surface area (Å²) in [6, 6.07) is 9.75. The van der Waals surface area contributed by atoms with Gasteiger partial charge < -0.3 is 10.6 Å². The molecule has 3 heterocycles. The maximum Gasteiger partial charge on any atom is 0.0951 e. The van der Waals surface area contributed by atoms with Gasteiger partial charge in [-0.15, -0.1) is 0 Å². The number of fused-ring (bicyclic) bond motifs is 3. The van der Waals surface area contributed by atoms with Crippen LogP contribution >= 0.6 is 0 Å². The zero-order valence-electron chi connectivity index (χ0n) is 12.5. The lowest BCUT2D eigenvalue weighted by Gasteiger charge is -2.28. The topological polar surface area (TPSA) is 45.4 Å². The second-order valence-electron chi connectivity index (χ2n) is 6.36. The summed E-state index contributed by atoms with van der Waals surface area (Å²) in [4.78, 5) is 9.57. The molecule has 21 heavy (non-hydrogen) atoms. The van der Waals surface area contributed by atoms with E-state index in [-0.39, 0.29) is 0 Å². The van der Waals surface area contributed by atoms with E-state index in [0.717, 1.165) is 30.3 Å². The highest BCUT2D eigenvalue weighted by Crippen LogP contribution is 2.34. The van der Waals surface area contributed by atoms with Gasteiger partial charge in [0.2, 0.25) is 0 Å². The molecule has 2 aromatic rings. The normalized spacial score (nSPS) is 26.2. The molecule has 0 spiro atoms. The highest BCUT2D eigenvalue weighted by atomic mass is 15.3. The smallest absolute Gasteiger partial charge is 0.0951 e. The van der Waals surface area contributed by atoms with Crippen LogP contribution in [0.2, 0.25) is 0 Å². The summed E-state index contributed by atoms with van der Waals surface area (Å²) < 4.78 is 0. The molecule has 1 aromatic heterocycles. The van der Waals surface area contributed by atoms with Crippen LogP contribution in [0.5, 0.6) is 0 Å². The highest BCUT2D eigenvalue weighted by Gasteiger charge is 2.34. The Bertz CT molecular complexity index is 669. The first-order chi connectivity index (χ1) is 10.2. The fraction of sp³-hybridized carbons (Fsp3) is 0.471. The molecule has 2 N–H and O–H groups in total. The quantitative estimate of drug-likeness (QED) is 0.816. The molecule has 4 nitrogen and oxygen atoms in total. The van der Waals surface area contributed by atoms with Crippen molar-refractivity contribution in [2.75, 3.05) is 30.8 Å². The van der Waals surface area contributed by atoms with Gasteiger partial charge in [-0.3, -0.25) is 9.88 Å². The molecule has 0 aliphatic carbocycles. The molecule has 2 fully saturated rings. The summed E-state index contributed by atoms with van der Waals surface area (Å²) in [5.41, 5.74) is 9.06. The Morgan fingerprint density at radius 2 is 2.00 bits per heavy atom.